The Morgan fingerprint density at radius 2 is 2.16 bits per heavy atom. The van der Waals surface area contributed by atoms with Crippen molar-refractivity contribution >= 4 is 28.9 Å². The van der Waals surface area contributed by atoms with Crippen molar-refractivity contribution in [3.63, 3.8) is 0 Å². The van der Waals surface area contributed by atoms with Gasteiger partial charge in [0.1, 0.15) is 4.99 Å². The molecule has 1 aromatic carbocycles. The van der Waals surface area contributed by atoms with Crippen LogP contribution in [0.15, 0.2) is 18.2 Å². The van der Waals surface area contributed by atoms with Gasteiger partial charge in [-0.2, -0.15) is 0 Å². The zero-order valence-corrected chi connectivity index (χ0v) is 12.6. The van der Waals surface area contributed by atoms with Crippen molar-refractivity contribution in [2.75, 3.05) is 25.6 Å². The van der Waals surface area contributed by atoms with E-state index in [9.17, 15) is 4.79 Å². The monoisotopic (exact) mass is 280 g/mol. The summed E-state index contributed by atoms with van der Waals surface area (Å²) >= 11 is 5.08. The summed E-state index contributed by atoms with van der Waals surface area (Å²) < 4.78 is 4.74. The number of benzene rings is 1. The summed E-state index contributed by atoms with van der Waals surface area (Å²) in [7, 11) is 3.32. The number of ether oxygens (including phenoxy) is 1. The van der Waals surface area contributed by atoms with Gasteiger partial charge < -0.3 is 15.4 Å². The highest BCUT2D eigenvalue weighted by molar-refractivity contribution is 7.80. The topological polar surface area (TPSA) is 55.6 Å². The summed E-state index contributed by atoms with van der Waals surface area (Å²) in [6, 6.07) is 5.81. The lowest BCUT2D eigenvalue weighted by atomic mass is 10.1. The molecule has 0 bridgehead atoms. The second-order valence-electron chi connectivity index (χ2n) is 4.64. The Kier molecular flexibility index (Phi) is 5.30. The highest BCUT2D eigenvalue weighted by Crippen LogP contribution is 2.25. The number of aryl methyl sites for hydroxylation is 1. The highest BCUT2D eigenvalue weighted by Gasteiger charge is 2.19. The molecule has 0 radical (unpaired) electrons. The third kappa shape index (κ3) is 3.67. The van der Waals surface area contributed by atoms with Gasteiger partial charge in [-0.3, -0.25) is 4.79 Å². The number of para-hydroxylation sites is 1. The van der Waals surface area contributed by atoms with E-state index >= 15 is 0 Å². The van der Waals surface area contributed by atoms with Gasteiger partial charge in [0, 0.05) is 24.8 Å². The Morgan fingerprint density at radius 1 is 1.53 bits per heavy atom. The Bertz CT molecular complexity index is 488. The first kappa shape index (κ1) is 15.4. The summed E-state index contributed by atoms with van der Waals surface area (Å²) in [5, 5.41) is 0. The summed E-state index contributed by atoms with van der Waals surface area (Å²) in [6.45, 7) is 4.38. The zero-order valence-electron chi connectivity index (χ0n) is 11.8. The van der Waals surface area contributed by atoms with Crippen LogP contribution in [0.3, 0.4) is 0 Å². The molecule has 0 saturated carbocycles. The number of nitrogens with two attached hydrogens (primary N) is 1. The number of thiocarbonyl (C=S) groups is 1. The van der Waals surface area contributed by atoms with E-state index < -0.39 is 0 Å². The van der Waals surface area contributed by atoms with Gasteiger partial charge in [0.15, 0.2) is 0 Å². The van der Waals surface area contributed by atoms with Gasteiger partial charge in [0.05, 0.1) is 13.0 Å². The number of anilines is 1. The van der Waals surface area contributed by atoms with E-state index in [1.807, 2.05) is 44.0 Å². The van der Waals surface area contributed by atoms with E-state index in [1.54, 1.807) is 0 Å². The smallest absolute Gasteiger partial charge is 0.310 e. The fraction of sp³-hybridized carbons (Fsp3) is 0.429. The van der Waals surface area contributed by atoms with Crippen molar-refractivity contribution in [3.05, 3.63) is 29.3 Å². The van der Waals surface area contributed by atoms with Gasteiger partial charge in [0.2, 0.25) is 0 Å². The number of nitrogens with zero attached hydrogens (tertiary/aromatic N) is 1. The maximum absolute atomic E-state index is 11.5. The highest BCUT2D eigenvalue weighted by atomic mass is 32.1. The fourth-order valence-electron chi connectivity index (χ4n) is 2.14. The maximum Gasteiger partial charge on any atom is 0.310 e. The van der Waals surface area contributed by atoms with E-state index in [2.05, 4.69) is 0 Å². The molecule has 1 aromatic rings. The standard InChI is InChI=1S/C14H20N2O2S/c1-9-6-5-7-11(13(15)19)12(9)16(3)8-10(2)14(17)18-4/h5-7,10H,8H2,1-4H3,(H2,15,19). The SMILES string of the molecule is COC(=O)C(C)CN(C)c1c(C)cccc1C(N)=S. The Balaban J connectivity index is 3.02. The number of rotatable bonds is 5. The maximum atomic E-state index is 11.5. The van der Waals surface area contributed by atoms with Crippen LogP contribution in [0.2, 0.25) is 0 Å². The Morgan fingerprint density at radius 3 is 2.68 bits per heavy atom. The van der Waals surface area contributed by atoms with Crippen LogP contribution in [-0.4, -0.2) is 31.7 Å². The van der Waals surface area contributed by atoms with Crippen molar-refractivity contribution in [3.8, 4) is 0 Å². The molecule has 0 aliphatic rings. The lowest BCUT2D eigenvalue weighted by Crippen LogP contribution is -2.31. The quantitative estimate of drug-likeness (QED) is 0.659. The predicted molar refractivity (Wildman–Crippen MR) is 81.5 cm³/mol. The van der Waals surface area contributed by atoms with E-state index in [4.69, 9.17) is 22.7 Å². The number of hydrogen-bond acceptors (Lipinski definition) is 4. The van der Waals surface area contributed by atoms with E-state index in [0.717, 1.165) is 16.8 Å². The van der Waals surface area contributed by atoms with E-state index in [1.165, 1.54) is 7.11 Å². The number of hydrogen-bond donors (Lipinski definition) is 1. The van der Waals surface area contributed by atoms with Gasteiger partial charge >= 0.3 is 5.97 Å². The molecule has 0 fully saturated rings. The van der Waals surface area contributed by atoms with Crippen molar-refractivity contribution < 1.29 is 9.53 Å². The molecule has 5 heteroatoms. The molecule has 0 spiro atoms. The van der Waals surface area contributed by atoms with Crippen LogP contribution in [0.25, 0.3) is 0 Å². The molecule has 1 unspecified atom stereocenters. The van der Waals surface area contributed by atoms with Crippen LogP contribution in [0.4, 0.5) is 5.69 Å². The minimum Gasteiger partial charge on any atom is -0.469 e. The van der Waals surface area contributed by atoms with Crippen molar-refractivity contribution in [1.29, 1.82) is 0 Å². The molecule has 0 saturated heterocycles. The van der Waals surface area contributed by atoms with E-state index in [-0.39, 0.29) is 11.9 Å². The number of esters is 1. The molecule has 0 heterocycles. The fourth-order valence-corrected chi connectivity index (χ4v) is 2.31. The molecule has 0 aliphatic heterocycles. The number of carbonyl (C=O) groups excluding carboxylic acids is 1. The van der Waals surface area contributed by atoms with Crippen LogP contribution in [0.5, 0.6) is 0 Å². The average Bonchev–Trinajstić information content (AvgIpc) is 2.36. The third-order valence-electron chi connectivity index (χ3n) is 3.04. The molecular weight excluding hydrogens is 260 g/mol. The molecule has 2 N–H and O–H groups in total. The van der Waals surface area contributed by atoms with Crippen LogP contribution in [-0.2, 0) is 9.53 Å². The summed E-state index contributed by atoms with van der Waals surface area (Å²) in [6.07, 6.45) is 0. The van der Waals surface area contributed by atoms with Crippen molar-refractivity contribution in [1.82, 2.24) is 0 Å². The van der Waals surface area contributed by atoms with Crippen molar-refractivity contribution in [2.45, 2.75) is 13.8 Å². The summed E-state index contributed by atoms with van der Waals surface area (Å²) in [5.41, 5.74) is 8.62. The molecule has 1 rings (SSSR count). The molecule has 0 aromatic heterocycles. The third-order valence-corrected chi connectivity index (χ3v) is 3.26. The van der Waals surface area contributed by atoms with Crippen LogP contribution in [0, 0.1) is 12.8 Å². The Hall–Kier alpha value is -1.62. The minimum atomic E-state index is -0.225. The van der Waals surface area contributed by atoms with Gasteiger partial charge in [-0.05, 0) is 18.6 Å². The first-order valence-corrected chi connectivity index (χ1v) is 6.47. The van der Waals surface area contributed by atoms with Gasteiger partial charge in [-0.15, -0.1) is 0 Å². The van der Waals surface area contributed by atoms with Gasteiger partial charge in [-0.1, -0.05) is 31.3 Å². The lowest BCUT2D eigenvalue weighted by molar-refractivity contribution is -0.144. The average molecular weight is 280 g/mol. The second-order valence-corrected chi connectivity index (χ2v) is 5.08. The summed E-state index contributed by atoms with van der Waals surface area (Å²) in [4.78, 5) is 13.8. The molecule has 104 valence electrons. The largest absolute Gasteiger partial charge is 0.469 e. The van der Waals surface area contributed by atoms with Crippen molar-refractivity contribution in [2.24, 2.45) is 11.7 Å². The molecule has 0 amide bonds. The van der Waals surface area contributed by atoms with Crippen LogP contribution < -0.4 is 10.6 Å². The first-order valence-electron chi connectivity index (χ1n) is 6.06. The molecule has 1 atom stereocenters. The number of methoxy groups -OCH3 is 1. The number of carbonyl (C=O) groups is 1. The van der Waals surface area contributed by atoms with Gasteiger partial charge in [0.25, 0.3) is 0 Å². The van der Waals surface area contributed by atoms with Gasteiger partial charge in [-0.25, -0.2) is 0 Å². The lowest BCUT2D eigenvalue weighted by Gasteiger charge is -2.26. The second kappa shape index (κ2) is 6.52. The molecule has 19 heavy (non-hydrogen) atoms. The minimum absolute atomic E-state index is 0.214. The first-order chi connectivity index (χ1) is 8.88. The molecule has 4 nitrogen and oxygen atoms in total. The molecule has 0 aliphatic carbocycles. The van der Waals surface area contributed by atoms with E-state index in [0.29, 0.717) is 11.5 Å². The summed E-state index contributed by atoms with van der Waals surface area (Å²) in [5.74, 6) is -0.439. The predicted octanol–water partition coefficient (Wildman–Crippen LogP) is 1.87. The normalized spacial score (nSPS) is 11.8. The zero-order chi connectivity index (χ0) is 14.6. The van der Waals surface area contributed by atoms with Crippen LogP contribution in [0.1, 0.15) is 18.1 Å². The molecular formula is C14H20N2O2S. The Labute approximate surface area is 119 Å². The van der Waals surface area contributed by atoms with Crippen LogP contribution >= 0.6 is 12.2 Å².